The highest BCUT2D eigenvalue weighted by Crippen LogP contribution is 2.46. The van der Waals surface area contributed by atoms with Crippen molar-refractivity contribution in [2.24, 2.45) is 0 Å². The van der Waals surface area contributed by atoms with Gasteiger partial charge in [0.1, 0.15) is 11.2 Å². The van der Waals surface area contributed by atoms with Crippen molar-refractivity contribution in [3.8, 4) is 22.3 Å². The van der Waals surface area contributed by atoms with Gasteiger partial charge in [0, 0.05) is 29.4 Å². The van der Waals surface area contributed by atoms with E-state index >= 15 is 0 Å². The van der Waals surface area contributed by atoms with Crippen LogP contribution < -0.4 is 0 Å². The lowest BCUT2D eigenvalue weighted by atomic mass is 9.96. The van der Waals surface area contributed by atoms with Crippen LogP contribution in [0.5, 0.6) is 0 Å². The van der Waals surface area contributed by atoms with Gasteiger partial charge in [0.05, 0.1) is 5.52 Å². The third-order valence-corrected chi connectivity index (χ3v) is 7.92. The molecule has 0 saturated heterocycles. The largest absolute Gasteiger partial charge is 0.276 e. The van der Waals surface area contributed by atoms with Crippen molar-refractivity contribution < 1.29 is 0 Å². The predicted molar refractivity (Wildman–Crippen MR) is 140 cm³/mol. The molecule has 7 aromatic rings. The van der Waals surface area contributed by atoms with Crippen LogP contribution in [0.4, 0.5) is 0 Å². The molecule has 0 fully saturated rings. The van der Waals surface area contributed by atoms with Crippen molar-refractivity contribution in [1.82, 2.24) is 19.4 Å². The molecule has 0 radical (unpaired) electrons. The van der Waals surface area contributed by atoms with Crippen molar-refractivity contribution in [1.29, 1.82) is 0 Å². The lowest BCUT2D eigenvalue weighted by Gasteiger charge is -2.11. The fraction of sp³-hybridized carbons (Fsp3) is 0.0645. The van der Waals surface area contributed by atoms with E-state index in [4.69, 9.17) is 4.98 Å². The normalized spacial score (nSPS) is 13.5. The second kappa shape index (κ2) is 6.10. The fourth-order valence-electron chi connectivity index (χ4n) is 6.40. The van der Waals surface area contributed by atoms with Gasteiger partial charge < -0.3 is 0 Å². The van der Waals surface area contributed by atoms with Gasteiger partial charge >= 0.3 is 0 Å². The van der Waals surface area contributed by atoms with Gasteiger partial charge in [-0.3, -0.25) is 9.38 Å². The summed E-state index contributed by atoms with van der Waals surface area (Å²) < 4.78 is 2.19. The van der Waals surface area contributed by atoms with Gasteiger partial charge in [0.15, 0.2) is 5.65 Å². The van der Waals surface area contributed by atoms with E-state index in [1.807, 2.05) is 30.7 Å². The molecule has 162 valence electrons. The Hall–Kier alpha value is -4.57. The maximum absolute atomic E-state index is 5.02. The van der Waals surface area contributed by atoms with Crippen LogP contribution in [0.25, 0.3) is 60.7 Å². The molecule has 0 aliphatic heterocycles. The molecule has 35 heavy (non-hydrogen) atoms. The van der Waals surface area contributed by atoms with Crippen LogP contribution in [0, 0.1) is 0 Å². The molecule has 0 amide bonds. The maximum atomic E-state index is 5.02. The Balaban J connectivity index is 1.39. The third-order valence-electron chi connectivity index (χ3n) is 7.92. The lowest BCUT2D eigenvalue weighted by Crippen LogP contribution is -1.94. The summed E-state index contributed by atoms with van der Waals surface area (Å²) in [6.07, 6.45) is 7.66. The van der Waals surface area contributed by atoms with E-state index in [0.717, 1.165) is 45.9 Å². The second-order valence-corrected chi connectivity index (χ2v) is 9.74. The van der Waals surface area contributed by atoms with Crippen molar-refractivity contribution in [2.75, 3.05) is 0 Å². The Morgan fingerprint density at radius 3 is 2.40 bits per heavy atom. The molecule has 0 bridgehead atoms. The van der Waals surface area contributed by atoms with E-state index < -0.39 is 0 Å². The average molecular weight is 447 g/mol. The van der Waals surface area contributed by atoms with Gasteiger partial charge in [-0.2, -0.15) is 0 Å². The summed E-state index contributed by atoms with van der Waals surface area (Å²) >= 11 is 0. The Morgan fingerprint density at radius 2 is 1.43 bits per heavy atom. The smallest absolute Gasteiger partial charge is 0.164 e. The molecule has 4 heterocycles. The fourth-order valence-corrected chi connectivity index (χ4v) is 6.40. The highest BCUT2D eigenvalue weighted by molar-refractivity contribution is 6.15. The van der Waals surface area contributed by atoms with Crippen molar-refractivity contribution in [3.05, 3.63) is 108 Å². The van der Waals surface area contributed by atoms with Gasteiger partial charge in [-0.25, -0.2) is 9.97 Å². The second-order valence-electron chi connectivity index (χ2n) is 9.74. The van der Waals surface area contributed by atoms with Gasteiger partial charge in [-0.05, 0) is 99.1 Å². The standard InChI is InChI=1S/C31H18N4/c1-2-5-21-17(4-1)10-18-11-19-12-20-13-26-25(15-24(20)23(19)14-22(18)21)27-16-32-9-7-29(27)35-30(26)34-28-6-3-8-33-31(28)35/h1-9,11,13-16H,10,12H2. The number of nitrogens with zero attached hydrogens (tertiary/aromatic N) is 4. The Morgan fingerprint density at radius 1 is 0.600 bits per heavy atom. The molecule has 3 aromatic carbocycles. The molecular weight excluding hydrogens is 428 g/mol. The highest BCUT2D eigenvalue weighted by Gasteiger charge is 2.26. The SMILES string of the molecule is c1ccc2c(c1)Cc1cc3c(cc1-2)-c1cc2c4cnccc4n4c5ncccc5nc4c2cc1C3. The van der Waals surface area contributed by atoms with Crippen LogP contribution in [0.1, 0.15) is 22.3 Å². The first-order valence-corrected chi connectivity index (χ1v) is 12.0. The van der Waals surface area contributed by atoms with Gasteiger partial charge in [0.2, 0.25) is 0 Å². The number of aromatic nitrogens is 4. The first-order chi connectivity index (χ1) is 17.3. The summed E-state index contributed by atoms with van der Waals surface area (Å²) in [6.45, 7) is 0. The summed E-state index contributed by atoms with van der Waals surface area (Å²) in [5, 5.41) is 3.49. The number of imidazole rings is 1. The van der Waals surface area contributed by atoms with Crippen LogP contribution in [-0.2, 0) is 12.8 Å². The maximum Gasteiger partial charge on any atom is 0.164 e. The zero-order valence-corrected chi connectivity index (χ0v) is 18.8. The van der Waals surface area contributed by atoms with Gasteiger partial charge in [-0.1, -0.05) is 30.3 Å². The number of benzene rings is 3. The van der Waals surface area contributed by atoms with Crippen molar-refractivity contribution in [2.45, 2.75) is 12.8 Å². The number of hydrogen-bond acceptors (Lipinski definition) is 3. The minimum Gasteiger partial charge on any atom is -0.276 e. The number of hydrogen-bond donors (Lipinski definition) is 0. The minimum atomic E-state index is 0.888. The molecule has 4 aromatic heterocycles. The zero-order valence-electron chi connectivity index (χ0n) is 18.8. The van der Waals surface area contributed by atoms with Crippen molar-refractivity contribution >= 4 is 38.5 Å². The summed E-state index contributed by atoms with van der Waals surface area (Å²) in [7, 11) is 0. The molecule has 2 aliphatic rings. The molecule has 0 unspecified atom stereocenters. The molecule has 2 aliphatic carbocycles. The molecule has 0 saturated carbocycles. The third kappa shape index (κ3) is 2.20. The Kier molecular flexibility index (Phi) is 3.11. The van der Waals surface area contributed by atoms with Crippen LogP contribution >= 0.6 is 0 Å². The van der Waals surface area contributed by atoms with E-state index in [-0.39, 0.29) is 0 Å². The summed E-state index contributed by atoms with van der Waals surface area (Å²) in [5.41, 5.74) is 15.0. The van der Waals surface area contributed by atoms with E-state index in [2.05, 4.69) is 69.0 Å². The van der Waals surface area contributed by atoms with Crippen LogP contribution in [0.15, 0.2) is 85.3 Å². The molecule has 4 heteroatoms. The summed E-state index contributed by atoms with van der Waals surface area (Å²) in [4.78, 5) is 14.2. The predicted octanol–water partition coefficient (Wildman–Crippen LogP) is 6.73. The van der Waals surface area contributed by atoms with E-state index in [0.29, 0.717) is 0 Å². The highest BCUT2D eigenvalue weighted by atomic mass is 15.1. The average Bonchev–Trinajstić information content (AvgIpc) is 3.57. The van der Waals surface area contributed by atoms with E-state index in [9.17, 15) is 0 Å². The first-order valence-electron chi connectivity index (χ1n) is 12.0. The zero-order chi connectivity index (χ0) is 22.7. The van der Waals surface area contributed by atoms with Crippen LogP contribution in [0.2, 0.25) is 0 Å². The number of fused-ring (bicyclic) bond motifs is 14. The lowest BCUT2D eigenvalue weighted by molar-refractivity contribution is 1.21. The monoisotopic (exact) mass is 446 g/mol. The molecule has 0 spiro atoms. The van der Waals surface area contributed by atoms with E-state index in [1.54, 1.807) is 0 Å². The number of rotatable bonds is 0. The van der Waals surface area contributed by atoms with Crippen molar-refractivity contribution in [3.63, 3.8) is 0 Å². The molecule has 0 atom stereocenters. The number of pyridine rings is 3. The molecular formula is C31H18N4. The minimum absolute atomic E-state index is 0.888. The summed E-state index contributed by atoms with van der Waals surface area (Å²) in [5.74, 6) is 0. The molecule has 4 nitrogen and oxygen atoms in total. The van der Waals surface area contributed by atoms with Crippen LogP contribution in [0.3, 0.4) is 0 Å². The van der Waals surface area contributed by atoms with Gasteiger partial charge in [0.25, 0.3) is 0 Å². The Labute approximate surface area is 200 Å². The quantitative estimate of drug-likeness (QED) is 0.243. The topological polar surface area (TPSA) is 43.1 Å². The van der Waals surface area contributed by atoms with Gasteiger partial charge in [-0.15, -0.1) is 0 Å². The molecule has 0 N–H and O–H groups in total. The van der Waals surface area contributed by atoms with Crippen LogP contribution in [-0.4, -0.2) is 19.4 Å². The summed E-state index contributed by atoms with van der Waals surface area (Å²) in [6, 6.07) is 24.5. The Bertz CT molecular complexity index is 2070. The molecule has 9 rings (SSSR count). The first kappa shape index (κ1) is 17.8. The van der Waals surface area contributed by atoms with E-state index in [1.165, 1.54) is 49.9 Å².